The number of urea groups is 1. The summed E-state index contributed by atoms with van der Waals surface area (Å²) in [4.78, 5) is 40.8. The number of aromatic hydroxyl groups is 1. The van der Waals surface area contributed by atoms with Gasteiger partial charge in [-0.3, -0.25) is 10.1 Å². The molecule has 0 aromatic carbocycles. The lowest BCUT2D eigenvalue weighted by atomic mass is 9.96. The molecule has 34 heavy (non-hydrogen) atoms. The van der Waals surface area contributed by atoms with Crippen molar-refractivity contribution in [2.45, 2.75) is 65.6 Å². The second kappa shape index (κ2) is 8.30. The summed E-state index contributed by atoms with van der Waals surface area (Å²) in [6.07, 6.45) is 3.52. The standard InChI is InChI=1S/C23H32N6O5/c1-23(2,3)12-28-19-15-11-27(10-13-6-8-34-9-7-13)22(33)25-17(15)26-29(19)21(32)16(20(28)31)18(30)24-14-4-5-14/h13-14H,4-12H2,1-3H3,(H3,24,25,26,30,31,32,33)/p+1. The lowest BCUT2D eigenvalue weighted by Gasteiger charge is -2.31. The van der Waals surface area contributed by atoms with E-state index >= 15 is 0 Å². The third-order valence-corrected chi connectivity index (χ3v) is 6.62. The highest BCUT2D eigenvalue weighted by Crippen LogP contribution is 2.29. The molecule has 2 aromatic heterocycles. The summed E-state index contributed by atoms with van der Waals surface area (Å²) in [6.45, 7) is 8.68. The maximum Gasteiger partial charge on any atom is 0.378 e. The van der Waals surface area contributed by atoms with Crippen molar-refractivity contribution in [3.8, 4) is 5.88 Å². The van der Waals surface area contributed by atoms with Crippen molar-refractivity contribution >= 4 is 23.4 Å². The van der Waals surface area contributed by atoms with Crippen LogP contribution in [0.5, 0.6) is 5.88 Å². The highest BCUT2D eigenvalue weighted by molar-refractivity contribution is 5.96. The molecule has 4 heterocycles. The average Bonchev–Trinajstić information content (AvgIpc) is 3.50. The molecule has 2 aliphatic heterocycles. The van der Waals surface area contributed by atoms with Crippen LogP contribution in [0.15, 0.2) is 4.79 Å². The molecule has 2 fully saturated rings. The van der Waals surface area contributed by atoms with Gasteiger partial charge in [-0.2, -0.15) is 4.57 Å². The van der Waals surface area contributed by atoms with Crippen LogP contribution < -0.4 is 20.8 Å². The Morgan fingerprint density at radius 3 is 2.56 bits per heavy atom. The number of aromatic amines is 1. The van der Waals surface area contributed by atoms with Gasteiger partial charge in [-0.05, 0) is 37.0 Å². The van der Waals surface area contributed by atoms with E-state index in [4.69, 9.17) is 4.74 Å². The molecule has 11 nitrogen and oxygen atoms in total. The summed E-state index contributed by atoms with van der Waals surface area (Å²) < 4.78 is 8.33. The quantitative estimate of drug-likeness (QED) is 0.487. The number of nitrogens with one attached hydrogen (secondary N) is 3. The first-order chi connectivity index (χ1) is 16.1. The molecule has 5 rings (SSSR count). The molecule has 1 saturated carbocycles. The lowest BCUT2D eigenvalue weighted by Crippen LogP contribution is -2.48. The second-order valence-electron chi connectivity index (χ2n) is 10.9. The van der Waals surface area contributed by atoms with Crippen LogP contribution in [-0.2, 0) is 17.8 Å². The number of fused-ring (bicyclic) bond motifs is 3. The maximum absolute atomic E-state index is 13.4. The largest absolute Gasteiger partial charge is 0.477 e. The topological polar surface area (TPSA) is 132 Å². The van der Waals surface area contributed by atoms with Crippen LogP contribution in [0.4, 0.5) is 10.6 Å². The molecule has 3 amide bonds. The fraction of sp³-hybridized carbons (Fsp3) is 0.652. The number of amides is 3. The molecular weight excluding hydrogens is 440 g/mol. The van der Waals surface area contributed by atoms with Gasteiger partial charge in [0.15, 0.2) is 5.82 Å². The molecule has 11 heteroatoms. The number of aromatic nitrogens is 3. The highest BCUT2D eigenvalue weighted by Gasteiger charge is 2.39. The molecule has 184 valence electrons. The zero-order chi connectivity index (χ0) is 24.2. The molecule has 4 N–H and O–H groups in total. The van der Waals surface area contributed by atoms with Gasteiger partial charge in [0.2, 0.25) is 5.56 Å². The monoisotopic (exact) mass is 473 g/mol. The summed E-state index contributed by atoms with van der Waals surface area (Å²) in [5.74, 6) is -0.179. The minimum absolute atomic E-state index is 0.0398. The van der Waals surface area contributed by atoms with Gasteiger partial charge in [0.1, 0.15) is 5.56 Å². The first kappa shape index (κ1) is 22.7. The number of nitrogens with zero attached hydrogens (tertiary/aromatic N) is 3. The number of carbonyl (C=O) groups excluding carboxylic acids is 2. The third kappa shape index (κ3) is 4.24. The molecule has 0 unspecified atom stereocenters. The Labute approximate surface area is 197 Å². The van der Waals surface area contributed by atoms with Crippen molar-refractivity contribution in [1.82, 2.24) is 19.8 Å². The zero-order valence-electron chi connectivity index (χ0n) is 19.9. The Bertz CT molecular complexity index is 1200. The van der Waals surface area contributed by atoms with Gasteiger partial charge >= 0.3 is 23.1 Å². The average molecular weight is 474 g/mol. The van der Waals surface area contributed by atoms with Crippen molar-refractivity contribution in [2.24, 2.45) is 11.3 Å². The number of ether oxygens (including phenoxy) is 1. The molecule has 1 saturated heterocycles. The fourth-order valence-corrected chi connectivity index (χ4v) is 4.75. The van der Waals surface area contributed by atoms with Gasteiger partial charge in [-0.25, -0.2) is 14.7 Å². The first-order valence-corrected chi connectivity index (χ1v) is 12.0. The normalized spacial score (nSPS) is 19.3. The molecule has 0 spiro atoms. The van der Waals surface area contributed by atoms with Gasteiger partial charge in [0, 0.05) is 25.8 Å². The predicted molar refractivity (Wildman–Crippen MR) is 123 cm³/mol. The summed E-state index contributed by atoms with van der Waals surface area (Å²) in [5.41, 5.74) is -0.0355. The summed E-state index contributed by atoms with van der Waals surface area (Å²) in [6, 6.07) is -0.199. The molecule has 0 atom stereocenters. The van der Waals surface area contributed by atoms with E-state index in [9.17, 15) is 19.5 Å². The van der Waals surface area contributed by atoms with Crippen molar-refractivity contribution in [3.05, 3.63) is 21.5 Å². The van der Waals surface area contributed by atoms with Crippen LogP contribution in [0, 0.1) is 11.3 Å². The van der Waals surface area contributed by atoms with E-state index in [1.165, 1.54) is 4.52 Å². The number of carbonyl (C=O) groups is 2. The number of H-pyrrole nitrogens is 1. The Morgan fingerprint density at radius 1 is 1.21 bits per heavy atom. The van der Waals surface area contributed by atoms with Crippen LogP contribution in [0.1, 0.15) is 62.4 Å². The molecule has 3 aliphatic rings. The van der Waals surface area contributed by atoms with E-state index in [1.807, 2.05) is 20.8 Å². The Morgan fingerprint density at radius 2 is 1.91 bits per heavy atom. The fourth-order valence-electron chi connectivity index (χ4n) is 4.75. The van der Waals surface area contributed by atoms with Crippen molar-refractivity contribution in [2.75, 3.05) is 25.1 Å². The van der Waals surface area contributed by atoms with Crippen LogP contribution in [0.25, 0.3) is 5.65 Å². The summed E-state index contributed by atoms with van der Waals surface area (Å²) >= 11 is 0. The van der Waals surface area contributed by atoms with Gasteiger partial charge in [0.25, 0.3) is 5.91 Å². The minimum atomic E-state index is -0.643. The lowest BCUT2D eigenvalue weighted by molar-refractivity contribution is -0.692. The van der Waals surface area contributed by atoms with E-state index < -0.39 is 11.5 Å². The minimum Gasteiger partial charge on any atom is -0.477 e. The first-order valence-electron chi connectivity index (χ1n) is 12.0. The van der Waals surface area contributed by atoms with Gasteiger partial charge in [-0.1, -0.05) is 25.3 Å². The van der Waals surface area contributed by atoms with Crippen LogP contribution >= 0.6 is 0 Å². The van der Waals surface area contributed by atoms with E-state index in [-0.39, 0.29) is 28.9 Å². The van der Waals surface area contributed by atoms with E-state index in [0.717, 1.165) is 25.7 Å². The second-order valence-corrected chi connectivity index (χ2v) is 10.9. The van der Waals surface area contributed by atoms with Gasteiger partial charge in [0.05, 0.1) is 13.1 Å². The molecular formula is C23H33N6O5+. The van der Waals surface area contributed by atoms with E-state index in [0.29, 0.717) is 55.8 Å². The Hall–Kier alpha value is -3.08. The molecule has 1 aliphatic carbocycles. The SMILES string of the molecule is CC(C)(C)C[n+]1c(O)c(C(=O)NC2CC2)c(=O)n2[nH]c3c(c21)CN(CC1CCOCC1)C(=O)N3. The number of rotatable bonds is 5. The number of hydrogen-bond donors (Lipinski definition) is 4. The predicted octanol–water partition coefficient (Wildman–Crippen LogP) is 1.33. The number of hydrogen-bond acceptors (Lipinski definition) is 5. The van der Waals surface area contributed by atoms with Crippen molar-refractivity contribution in [3.63, 3.8) is 0 Å². The third-order valence-electron chi connectivity index (χ3n) is 6.62. The Balaban J connectivity index is 1.60. The summed E-state index contributed by atoms with van der Waals surface area (Å²) in [7, 11) is 0. The van der Waals surface area contributed by atoms with Gasteiger partial charge < -0.3 is 20.1 Å². The number of anilines is 1. The van der Waals surface area contributed by atoms with E-state index in [1.54, 1.807) is 9.47 Å². The smallest absolute Gasteiger partial charge is 0.378 e. The maximum atomic E-state index is 13.4. The molecule has 0 bridgehead atoms. The van der Waals surface area contributed by atoms with Crippen molar-refractivity contribution < 1.29 is 24.0 Å². The van der Waals surface area contributed by atoms with Crippen LogP contribution in [-0.4, -0.2) is 57.4 Å². The Kier molecular flexibility index (Phi) is 5.54. The van der Waals surface area contributed by atoms with Crippen LogP contribution in [0.2, 0.25) is 0 Å². The molecule has 2 aromatic rings. The van der Waals surface area contributed by atoms with Crippen molar-refractivity contribution in [1.29, 1.82) is 0 Å². The highest BCUT2D eigenvalue weighted by atomic mass is 16.5. The summed E-state index contributed by atoms with van der Waals surface area (Å²) in [5, 5.41) is 19.8. The van der Waals surface area contributed by atoms with E-state index in [2.05, 4.69) is 15.7 Å². The van der Waals surface area contributed by atoms with Crippen LogP contribution in [0.3, 0.4) is 0 Å². The van der Waals surface area contributed by atoms with Gasteiger partial charge in [-0.15, -0.1) is 0 Å². The zero-order valence-corrected chi connectivity index (χ0v) is 19.9. The molecule has 0 radical (unpaired) electrons.